The van der Waals surface area contributed by atoms with E-state index in [0.29, 0.717) is 0 Å². The van der Waals surface area contributed by atoms with Crippen molar-refractivity contribution in [2.75, 3.05) is 19.8 Å². The van der Waals surface area contributed by atoms with Crippen LogP contribution in [0.3, 0.4) is 0 Å². The molecule has 0 aromatic rings. The van der Waals surface area contributed by atoms with Gasteiger partial charge in [0.05, 0.1) is 0 Å². The van der Waals surface area contributed by atoms with Gasteiger partial charge in [-0.25, -0.2) is 0 Å². The molecular formula is C9H23NO2Si. The molecule has 4 heteroatoms. The second-order valence-corrected chi connectivity index (χ2v) is 6.26. The van der Waals surface area contributed by atoms with Gasteiger partial charge in [0.1, 0.15) is 14.7 Å². The van der Waals surface area contributed by atoms with E-state index in [1.165, 1.54) is 6.04 Å². The van der Waals surface area contributed by atoms with Gasteiger partial charge < -0.3 is 15.2 Å². The maximum absolute atomic E-state index is 5.54. The molecule has 0 spiro atoms. The minimum atomic E-state index is -0.894. The maximum atomic E-state index is 5.54. The van der Waals surface area contributed by atoms with Crippen molar-refractivity contribution in [2.45, 2.75) is 38.8 Å². The molecule has 13 heavy (non-hydrogen) atoms. The first-order valence-electron chi connectivity index (χ1n) is 5.19. The molecule has 0 aromatic heterocycles. The summed E-state index contributed by atoms with van der Waals surface area (Å²) >= 11 is 0. The highest BCUT2D eigenvalue weighted by molar-refractivity contribution is 6.58. The van der Waals surface area contributed by atoms with E-state index in [9.17, 15) is 0 Å². The molecule has 0 aromatic carbocycles. The summed E-state index contributed by atoms with van der Waals surface area (Å²) in [6.45, 7) is 8.56. The van der Waals surface area contributed by atoms with Gasteiger partial charge in [0, 0.05) is 13.2 Å². The Labute approximate surface area is 83.2 Å². The number of ether oxygens (including phenoxy) is 2. The number of nitrogens with two attached hydrogens (primary N) is 1. The molecule has 2 N–H and O–H groups in total. The quantitative estimate of drug-likeness (QED) is 0.477. The van der Waals surface area contributed by atoms with Crippen molar-refractivity contribution in [1.82, 2.24) is 0 Å². The normalized spacial score (nSPS) is 13.6. The number of hydrogen-bond donors (Lipinski definition) is 1. The zero-order valence-electron chi connectivity index (χ0n) is 9.08. The lowest BCUT2D eigenvalue weighted by Gasteiger charge is -2.22. The number of rotatable bonds is 8. The summed E-state index contributed by atoms with van der Waals surface area (Å²) in [5.41, 5.74) is 5.47. The van der Waals surface area contributed by atoms with Gasteiger partial charge in [-0.1, -0.05) is 12.6 Å². The van der Waals surface area contributed by atoms with Crippen molar-refractivity contribution in [3.05, 3.63) is 0 Å². The van der Waals surface area contributed by atoms with Crippen molar-refractivity contribution in [3.63, 3.8) is 0 Å². The van der Waals surface area contributed by atoms with Crippen LogP contribution >= 0.6 is 0 Å². The fraction of sp³-hybridized carbons (Fsp3) is 1.00. The van der Waals surface area contributed by atoms with E-state index in [1.807, 2.05) is 13.8 Å². The van der Waals surface area contributed by atoms with Gasteiger partial charge in [-0.2, -0.15) is 0 Å². The van der Waals surface area contributed by atoms with Crippen molar-refractivity contribution in [2.24, 2.45) is 5.73 Å². The highest BCUT2D eigenvalue weighted by Crippen LogP contribution is 2.07. The standard InChI is InChI=1S/C9H23NO2Si/c1-4-11-9(12-5-2)13(3)8-6-7-10/h9,13H,4-8,10H2,1-3H3. The minimum absolute atomic E-state index is 0.0848. The maximum Gasteiger partial charge on any atom is 0.138 e. The van der Waals surface area contributed by atoms with Gasteiger partial charge in [0.15, 0.2) is 0 Å². The Balaban J connectivity index is 3.72. The van der Waals surface area contributed by atoms with Crippen LogP contribution in [0.4, 0.5) is 0 Å². The SMILES string of the molecule is CCOC(OCC)[SiH](C)CCCN. The van der Waals surface area contributed by atoms with Crippen LogP contribution in [0.1, 0.15) is 20.3 Å². The molecular weight excluding hydrogens is 182 g/mol. The van der Waals surface area contributed by atoms with Gasteiger partial charge in [-0.15, -0.1) is 0 Å². The van der Waals surface area contributed by atoms with Crippen molar-refractivity contribution >= 4 is 8.80 Å². The van der Waals surface area contributed by atoms with Crippen LogP contribution in [0.15, 0.2) is 0 Å². The number of hydrogen-bond acceptors (Lipinski definition) is 3. The van der Waals surface area contributed by atoms with E-state index in [0.717, 1.165) is 26.2 Å². The lowest BCUT2D eigenvalue weighted by atomic mass is 10.5. The van der Waals surface area contributed by atoms with Gasteiger partial charge in [0.25, 0.3) is 0 Å². The van der Waals surface area contributed by atoms with E-state index in [2.05, 4.69) is 6.55 Å². The van der Waals surface area contributed by atoms with Crippen LogP contribution in [0, 0.1) is 0 Å². The lowest BCUT2D eigenvalue weighted by molar-refractivity contribution is -0.0853. The van der Waals surface area contributed by atoms with E-state index in [1.54, 1.807) is 0 Å². The molecule has 0 aliphatic heterocycles. The second kappa shape index (κ2) is 8.68. The van der Waals surface area contributed by atoms with Gasteiger partial charge in [0.2, 0.25) is 0 Å². The van der Waals surface area contributed by atoms with E-state index < -0.39 is 8.80 Å². The first-order chi connectivity index (χ1) is 6.26. The van der Waals surface area contributed by atoms with Crippen LogP contribution in [0.2, 0.25) is 12.6 Å². The molecule has 1 unspecified atom stereocenters. The summed E-state index contributed by atoms with van der Waals surface area (Å²) in [4.78, 5) is 0. The first kappa shape index (κ1) is 13.1. The van der Waals surface area contributed by atoms with E-state index >= 15 is 0 Å². The van der Waals surface area contributed by atoms with E-state index in [4.69, 9.17) is 15.2 Å². The molecule has 3 nitrogen and oxygen atoms in total. The molecule has 0 rings (SSSR count). The third kappa shape index (κ3) is 6.21. The summed E-state index contributed by atoms with van der Waals surface area (Å²) in [5, 5.41) is 0. The van der Waals surface area contributed by atoms with Crippen molar-refractivity contribution < 1.29 is 9.47 Å². The molecule has 0 aliphatic rings. The van der Waals surface area contributed by atoms with Crippen LogP contribution in [-0.2, 0) is 9.47 Å². The average Bonchev–Trinajstić information content (AvgIpc) is 2.14. The molecule has 0 radical (unpaired) electrons. The third-order valence-corrected chi connectivity index (χ3v) is 4.62. The van der Waals surface area contributed by atoms with Crippen LogP contribution in [0.5, 0.6) is 0 Å². The first-order valence-corrected chi connectivity index (χ1v) is 7.83. The van der Waals surface area contributed by atoms with Crippen molar-refractivity contribution in [3.8, 4) is 0 Å². The zero-order valence-corrected chi connectivity index (χ0v) is 10.2. The Bertz CT molecular complexity index is 108. The highest BCUT2D eigenvalue weighted by atomic mass is 28.3. The zero-order chi connectivity index (χ0) is 10.1. The smallest absolute Gasteiger partial charge is 0.138 e. The van der Waals surface area contributed by atoms with Gasteiger partial charge in [-0.05, 0) is 26.8 Å². The molecule has 80 valence electrons. The minimum Gasteiger partial charge on any atom is -0.357 e. The lowest BCUT2D eigenvalue weighted by Crippen LogP contribution is -2.33. The summed E-state index contributed by atoms with van der Waals surface area (Å²) in [7, 11) is -0.894. The van der Waals surface area contributed by atoms with Crippen LogP contribution in [-0.4, -0.2) is 34.5 Å². The van der Waals surface area contributed by atoms with Crippen molar-refractivity contribution in [1.29, 1.82) is 0 Å². The topological polar surface area (TPSA) is 44.5 Å². The molecule has 1 atom stereocenters. The van der Waals surface area contributed by atoms with Crippen LogP contribution in [0.25, 0.3) is 0 Å². The third-order valence-electron chi connectivity index (χ3n) is 1.99. The summed E-state index contributed by atoms with van der Waals surface area (Å²) < 4.78 is 11.1. The molecule has 0 fully saturated rings. The fourth-order valence-electron chi connectivity index (χ4n) is 1.28. The Hall–Kier alpha value is 0.0969. The van der Waals surface area contributed by atoms with Gasteiger partial charge >= 0.3 is 0 Å². The monoisotopic (exact) mass is 205 g/mol. The van der Waals surface area contributed by atoms with Crippen LogP contribution < -0.4 is 5.73 Å². The Morgan fingerprint density at radius 2 is 1.77 bits per heavy atom. The largest absolute Gasteiger partial charge is 0.357 e. The van der Waals surface area contributed by atoms with Gasteiger partial charge in [-0.3, -0.25) is 0 Å². The summed E-state index contributed by atoms with van der Waals surface area (Å²) in [6, 6.07) is 1.21. The molecule has 0 saturated carbocycles. The fourth-order valence-corrected chi connectivity index (χ4v) is 3.47. The van der Waals surface area contributed by atoms with E-state index in [-0.39, 0.29) is 5.91 Å². The average molecular weight is 205 g/mol. The second-order valence-electron chi connectivity index (χ2n) is 3.19. The predicted molar refractivity (Wildman–Crippen MR) is 58.5 cm³/mol. The molecule has 0 saturated heterocycles. The summed E-state index contributed by atoms with van der Waals surface area (Å²) in [5.74, 6) is 0.0848. The predicted octanol–water partition coefficient (Wildman–Crippen LogP) is 1.13. The Kier molecular flexibility index (Phi) is 8.75. The molecule has 0 aliphatic carbocycles. The molecule has 0 amide bonds. The Morgan fingerprint density at radius 3 is 2.15 bits per heavy atom. The molecule has 0 bridgehead atoms. The molecule has 0 heterocycles. The Morgan fingerprint density at radius 1 is 1.23 bits per heavy atom. The summed E-state index contributed by atoms with van der Waals surface area (Å²) in [6.07, 6.45) is 1.10. The highest BCUT2D eigenvalue weighted by Gasteiger charge is 2.18.